The fourth-order valence-electron chi connectivity index (χ4n) is 0.624. The van der Waals surface area contributed by atoms with Gasteiger partial charge < -0.3 is 10.5 Å². The van der Waals surface area contributed by atoms with Crippen LogP contribution in [0, 0.1) is 5.92 Å². The first-order chi connectivity index (χ1) is 5.57. The van der Waals surface area contributed by atoms with Crippen molar-refractivity contribution < 1.29 is 9.53 Å². The van der Waals surface area contributed by atoms with Gasteiger partial charge in [0.25, 0.3) is 0 Å². The molecule has 3 heteroatoms. The molecule has 0 fully saturated rings. The highest BCUT2D eigenvalue weighted by molar-refractivity contribution is 5.80. The minimum Gasteiger partial charge on any atom is -0.459 e. The SMILES string of the molecule is CC(C)[C@](C)(N)C(=O)OC(C)(C)C. The maximum Gasteiger partial charge on any atom is 0.326 e. The van der Waals surface area contributed by atoms with Crippen LogP contribution in [-0.4, -0.2) is 17.1 Å². The van der Waals surface area contributed by atoms with Crippen LogP contribution in [0.15, 0.2) is 0 Å². The Kier molecular flexibility index (Phi) is 3.50. The number of hydrogen-bond donors (Lipinski definition) is 1. The fraction of sp³-hybridized carbons (Fsp3) is 0.900. The van der Waals surface area contributed by atoms with Gasteiger partial charge in [-0.2, -0.15) is 0 Å². The maximum atomic E-state index is 11.6. The van der Waals surface area contributed by atoms with Crippen LogP contribution in [0.3, 0.4) is 0 Å². The molecule has 0 aliphatic carbocycles. The van der Waals surface area contributed by atoms with E-state index in [-0.39, 0.29) is 11.9 Å². The van der Waals surface area contributed by atoms with Crippen molar-refractivity contribution >= 4 is 5.97 Å². The third-order valence-corrected chi connectivity index (χ3v) is 2.04. The van der Waals surface area contributed by atoms with Gasteiger partial charge in [-0.3, -0.25) is 4.79 Å². The standard InChI is InChI=1S/C10H21NO2/c1-7(2)10(6,11)8(12)13-9(3,4)5/h7H,11H2,1-6H3/t10-/m0/s1. The average Bonchev–Trinajstić information content (AvgIpc) is 1.82. The van der Waals surface area contributed by atoms with Gasteiger partial charge in [0.05, 0.1) is 0 Å². The number of nitrogens with two attached hydrogens (primary N) is 1. The molecule has 0 heterocycles. The molecule has 0 aliphatic heterocycles. The molecule has 0 rings (SSSR count). The van der Waals surface area contributed by atoms with Crippen molar-refractivity contribution in [2.75, 3.05) is 0 Å². The van der Waals surface area contributed by atoms with Crippen LogP contribution in [0.2, 0.25) is 0 Å². The molecule has 0 saturated carbocycles. The van der Waals surface area contributed by atoms with E-state index in [2.05, 4.69) is 0 Å². The Morgan fingerprint density at radius 1 is 1.23 bits per heavy atom. The molecular weight excluding hydrogens is 166 g/mol. The lowest BCUT2D eigenvalue weighted by atomic mass is 9.89. The van der Waals surface area contributed by atoms with Crippen molar-refractivity contribution in [2.45, 2.75) is 52.7 Å². The number of rotatable bonds is 2. The van der Waals surface area contributed by atoms with Crippen LogP contribution in [0.4, 0.5) is 0 Å². The molecule has 13 heavy (non-hydrogen) atoms. The van der Waals surface area contributed by atoms with Crippen LogP contribution in [0.1, 0.15) is 41.5 Å². The molecule has 0 bridgehead atoms. The number of ether oxygens (including phenoxy) is 1. The van der Waals surface area contributed by atoms with Crippen molar-refractivity contribution in [1.82, 2.24) is 0 Å². The Morgan fingerprint density at radius 3 is 1.85 bits per heavy atom. The zero-order chi connectivity index (χ0) is 10.9. The molecule has 0 aromatic rings. The molecule has 78 valence electrons. The number of esters is 1. The summed E-state index contributed by atoms with van der Waals surface area (Å²) in [5.41, 5.74) is 4.47. The van der Waals surface area contributed by atoms with Gasteiger partial charge in [0.2, 0.25) is 0 Å². The predicted molar refractivity (Wildman–Crippen MR) is 53.3 cm³/mol. The summed E-state index contributed by atoms with van der Waals surface area (Å²) in [6.45, 7) is 11.0. The lowest BCUT2D eigenvalue weighted by Crippen LogP contribution is -2.52. The number of hydrogen-bond acceptors (Lipinski definition) is 3. The molecule has 1 atom stereocenters. The molecule has 0 aromatic carbocycles. The highest BCUT2D eigenvalue weighted by Gasteiger charge is 2.35. The van der Waals surface area contributed by atoms with E-state index in [4.69, 9.17) is 10.5 Å². The van der Waals surface area contributed by atoms with Crippen LogP contribution in [-0.2, 0) is 9.53 Å². The summed E-state index contributed by atoms with van der Waals surface area (Å²) in [4.78, 5) is 11.6. The molecule has 2 N–H and O–H groups in total. The Labute approximate surface area is 80.6 Å². The zero-order valence-corrected chi connectivity index (χ0v) is 9.47. The summed E-state index contributed by atoms with van der Waals surface area (Å²) >= 11 is 0. The first-order valence-corrected chi connectivity index (χ1v) is 4.59. The van der Waals surface area contributed by atoms with Crippen molar-refractivity contribution in [3.63, 3.8) is 0 Å². The van der Waals surface area contributed by atoms with Gasteiger partial charge in [0.15, 0.2) is 0 Å². The van der Waals surface area contributed by atoms with Crippen LogP contribution in [0.5, 0.6) is 0 Å². The summed E-state index contributed by atoms with van der Waals surface area (Å²) in [5.74, 6) is -0.266. The zero-order valence-electron chi connectivity index (χ0n) is 9.47. The topological polar surface area (TPSA) is 52.3 Å². The molecule has 0 aromatic heterocycles. The minimum absolute atomic E-state index is 0.0716. The van der Waals surface area contributed by atoms with Gasteiger partial charge >= 0.3 is 5.97 Å². The summed E-state index contributed by atoms with van der Waals surface area (Å²) in [7, 11) is 0. The maximum absolute atomic E-state index is 11.6. The van der Waals surface area contributed by atoms with Gasteiger partial charge in [0.1, 0.15) is 11.1 Å². The first kappa shape index (κ1) is 12.4. The molecule has 0 aliphatic rings. The second-order valence-corrected chi connectivity index (χ2v) is 4.94. The second kappa shape index (κ2) is 3.66. The molecule has 3 nitrogen and oxygen atoms in total. The van der Waals surface area contributed by atoms with Gasteiger partial charge in [0, 0.05) is 0 Å². The molecule has 0 unspecified atom stereocenters. The molecule has 0 spiro atoms. The van der Waals surface area contributed by atoms with Crippen molar-refractivity contribution in [2.24, 2.45) is 11.7 Å². The smallest absolute Gasteiger partial charge is 0.326 e. The van der Waals surface area contributed by atoms with Crippen molar-refractivity contribution in [1.29, 1.82) is 0 Å². The Bertz CT molecular complexity index is 190. The Balaban J connectivity index is 4.44. The Morgan fingerprint density at radius 2 is 1.62 bits per heavy atom. The quantitative estimate of drug-likeness (QED) is 0.669. The highest BCUT2D eigenvalue weighted by Crippen LogP contribution is 2.18. The normalized spacial score (nSPS) is 16.9. The van der Waals surface area contributed by atoms with E-state index in [9.17, 15) is 4.79 Å². The lowest BCUT2D eigenvalue weighted by Gasteiger charge is -2.30. The van der Waals surface area contributed by atoms with E-state index in [0.717, 1.165) is 0 Å². The molecule has 0 radical (unpaired) electrons. The van der Waals surface area contributed by atoms with Gasteiger partial charge in [-0.05, 0) is 33.6 Å². The van der Waals surface area contributed by atoms with Crippen molar-refractivity contribution in [3.8, 4) is 0 Å². The lowest BCUT2D eigenvalue weighted by molar-refractivity contribution is -0.162. The highest BCUT2D eigenvalue weighted by atomic mass is 16.6. The third kappa shape index (κ3) is 3.77. The van der Waals surface area contributed by atoms with E-state index in [1.807, 2.05) is 34.6 Å². The Hall–Kier alpha value is -0.570. The van der Waals surface area contributed by atoms with Crippen LogP contribution < -0.4 is 5.73 Å². The largest absolute Gasteiger partial charge is 0.459 e. The third-order valence-electron chi connectivity index (χ3n) is 2.04. The van der Waals surface area contributed by atoms with E-state index >= 15 is 0 Å². The summed E-state index contributed by atoms with van der Waals surface area (Å²) in [6.07, 6.45) is 0. The summed E-state index contributed by atoms with van der Waals surface area (Å²) < 4.78 is 5.20. The van der Waals surface area contributed by atoms with Crippen molar-refractivity contribution in [3.05, 3.63) is 0 Å². The van der Waals surface area contributed by atoms with E-state index in [1.165, 1.54) is 0 Å². The van der Waals surface area contributed by atoms with Crippen LogP contribution >= 0.6 is 0 Å². The monoisotopic (exact) mass is 187 g/mol. The van der Waals surface area contributed by atoms with E-state index < -0.39 is 11.1 Å². The van der Waals surface area contributed by atoms with E-state index in [0.29, 0.717) is 0 Å². The average molecular weight is 187 g/mol. The van der Waals surface area contributed by atoms with Gasteiger partial charge in [-0.1, -0.05) is 13.8 Å². The second-order valence-electron chi connectivity index (χ2n) is 4.94. The summed E-state index contributed by atoms with van der Waals surface area (Å²) in [5, 5.41) is 0. The summed E-state index contributed by atoms with van der Waals surface area (Å²) in [6, 6.07) is 0. The minimum atomic E-state index is -0.896. The van der Waals surface area contributed by atoms with Gasteiger partial charge in [-0.25, -0.2) is 0 Å². The molecular formula is C10H21NO2. The van der Waals surface area contributed by atoms with Gasteiger partial charge in [-0.15, -0.1) is 0 Å². The molecule has 0 amide bonds. The van der Waals surface area contributed by atoms with E-state index in [1.54, 1.807) is 6.92 Å². The predicted octanol–water partition coefficient (Wildman–Crippen LogP) is 1.70. The first-order valence-electron chi connectivity index (χ1n) is 4.59. The number of carbonyl (C=O) groups is 1. The molecule has 0 saturated heterocycles. The van der Waals surface area contributed by atoms with Crippen LogP contribution in [0.25, 0.3) is 0 Å². The fourth-order valence-corrected chi connectivity index (χ4v) is 0.624. The number of carbonyl (C=O) groups excluding carboxylic acids is 1.